The Morgan fingerprint density at radius 2 is 1.86 bits per heavy atom. The van der Waals surface area contributed by atoms with Gasteiger partial charge in [0.15, 0.2) is 0 Å². The van der Waals surface area contributed by atoms with Crippen LogP contribution in [-0.2, 0) is 0 Å². The first-order chi connectivity index (χ1) is 13.5. The molecule has 3 rings (SSSR count). The molecule has 3 aromatic rings. The molecular weight excluding hydrogens is 368 g/mol. The van der Waals surface area contributed by atoms with Crippen LogP contribution in [0, 0.1) is 0 Å². The zero-order valence-corrected chi connectivity index (χ0v) is 15.0. The number of nitrogens with zero attached hydrogens (tertiary/aromatic N) is 3. The molecule has 0 amide bonds. The molecule has 1 aromatic carbocycles. The maximum atomic E-state index is 12.3. The van der Waals surface area contributed by atoms with Crippen LogP contribution >= 0.6 is 0 Å². The van der Waals surface area contributed by atoms with Crippen LogP contribution in [-0.4, -0.2) is 39.3 Å². The topological polar surface area (TPSA) is 92.2 Å². The van der Waals surface area contributed by atoms with Crippen molar-refractivity contribution in [3.05, 3.63) is 54.7 Å². The van der Waals surface area contributed by atoms with E-state index in [1.54, 1.807) is 37.4 Å². The van der Waals surface area contributed by atoms with E-state index in [0.29, 0.717) is 28.8 Å². The average molecular weight is 387 g/mol. The van der Waals surface area contributed by atoms with Crippen LogP contribution in [0.1, 0.15) is 6.92 Å². The molecule has 9 heteroatoms. The van der Waals surface area contributed by atoms with Crippen molar-refractivity contribution in [1.82, 2.24) is 15.0 Å². The molecule has 0 unspecified atom stereocenters. The van der Waals surface area contributed by atoms with Gasteiger partial charge in [-0.05, 0) is 43.3 Å². The van der Waals surface area contributed by atoms with E-state index in [1.165, 1.54) is 12.1 Å². The molecule has 0 radical (unpaired) electrons. The molecule has 0 saturated carbocycles. The maximum absolute atomic E-state index is 12.3. The lowest BCUT2D eigenvalue weighted by molar-refractivity contribution is -0.0498. The van der Waals surface area contributed by atoms with Gasteiger partial charge >= 0.3 is 6.61 Å². The summed E-state index contributed by atoms with van der Waals surface area (Å²) in [6, 6.07) is 13.0. The molecule has 28 heavy (non-hydrogen) atoms. The third kappa shape index (κ3) is 5.34. The molecule has 0 spiro atoms. The third-order valence-electron chi connectivity index (χ3n) is 3.65. The monoisotopic (exact) mass is 387 g/mol. The predicted octanol–water partition coefficient (Wildman–Crippen LogP) is 3.68. The minimum atomic E-state index is -2.87. The number of rotatable bonds is 8. The van der Waals surface area contributed by atoms with Crippen LogP contribution in [0.2, 0.25) is 0 Å². The predicted molar refractivity (Wildman–Crippen MR) is 102 cm³/mol. The first-order valence-corrected chi connectivity index (χ1v) is 8.53. The van der Waals surface area contributed by atoms with E-state index in [2.05, 4.69) is 30.3 Å². The lowest BCUT2D eigenvalue weighted by Gasteiger charge is -2.14. The first kappa shape index (κ1) is 19.4. The third-order valence-corrected chi connectivity index (χ3v) is 3.65. The fourth-order valence-electron chi connectivity index (χ4n) is 2.35. The van der Waals surface area contributed by atoms with Crippen molar-refractivity contribution in [3.63, 3.8) is 0 Å². The molecule has 0 saturated heterocycles. The van der Waals surface area contributed by atoms with Crippen LogP contribution in [0.4, 0.5) is 26.2 Å². The summed E-state index contributed by atoms with van der Waals surface area (Å²) in [5.74, 6) is 0.868. The van der Waals surface area contributed by atoms with Crippen molar-refractivity contribution in [2.24, 2.45) is 0 Å². The zero-order chi connectivity index (χ0) is 19.9. The van der Waals surface area contributed by atoms with Gasteiger partial charge in [0.05, 0.1) is 18.0 Å². The lowest BCUT2D eigenvalue weighted by atomic mass is 10.2. The van der Waals surface area contributed by atoms with Gasteiger partial charge in [-0.3, -0.25) is 4.98 Å². The van der Waals surface area contributed by atoms with Gasteiger partial charge in [0, 0.05) is 24.0 Å². The zero-order valence-electron chi connectivity index (χ0n) is 15.0. The number of aliphatic hydroxyl groups excluding tert-OH is 1. The van der Waals surface area contributed by atoms with Crippen molar-refractivity contribution in [1.29, 1.82) is 0 Å². The van der Waals surface area contributed by atoms with E-state index in [1.807, 2.05) is 12.1 Å². The highest BCUT2D eigenvalue weighted by atomic mass is 19.3. The van der Waals surface area contributed by atoms with Crippen molar-refractivity contribution in [2.75, 3.05) is 17.2 Å². The van der Waals surface area contributed by atoms with Gasteiger partial charge in [-0.25, -0.2) is 4.98 Å². The first-order valence-electron chi connectivity index (χ1n) is 8.53. The van der Waals surface area contributed by atoms with Crippen molar-refractivity contribution in [3.8, 4) is 17.1 Å². The highest BCUT2D eigenvalue weighted by molar-refractivity contribution is 5.65. The van der Waals surface area contributed by atoms with Crippen LogP contribution in [0.5, 0.6) is 5.75 Å². The summed E-state index contributed by atoms with van der Waals surface area (Å²) in [7, 11) is 0. The number of aliphatic hydroxyl groups is 1. The van der Waals surface area contributed by atoms with Crippen molar-refractivity contribution in [2.45, 2.75) is 19.6 Å². The number of pyridine rings is 1. The van der Waals surface area contributed by atoms with E-state index < -0.39 is 6.61 Å². The Bertz CT molecular complexity index is 895. The Morgan fingerprint density at radius 3 is 2.50 bits per heavy atom. The van der Waals surface area contributed by atoms with Crippen molar-refractivity contribution < 1.29 is 18.6 Å². The number of ether oxygens (including phenoxy) is 1. The van der Waals surface area contributed by atoms with Gasteiger partial charge in [-0.1, -0.05) is 6.07 Å². The van der Waals surface area contributed by atoms with Gasteiger partial charge in [0.25, 0.3) is 0 Å². The Balaban J connectivity index is 1.87. The Kier molecular flexibility index (Phi) is 6.28. The smallest absolute Gasteiger partial charge is 0.387 e. The van der Waals surface area contributed by atoms with Gasteiger partial charge in [-0.15, -0.1) is 0 Å². The molecular formula is C19H19F2N5O2. The summed E-state index contributed by atoms with van der Waals surface area (Å²) < 4.78 is 28.9. The van der Waals surface area contributed by atoms with E-state index >= 15 is 0 Å². The fourth-order valence-corrected chi connectivity index (χ4v) is 2.35. The molecule has 2 aromatic heterocycles. The molecule has 2 heterocycles. The number of hydrogen-bond donors (Lipinski definition) is 3. The Hall–Kier alpha value is -3.33. The molecule has 3 N–H and O–H groups in total. The quantitative estimate of drug-likeness (QED) is 0.543. The summed E-state index contributed by atoms with van der Waals surface area (Å²) in [6.07, 6.45) is 1.66. The largest absolute Gasteiger partial charge is 0.435 e. The second-order valence-corrected chi connectivity index (χ2v) is 5.93. The molecule has 0 aliphatic rings. The highest BCUT2D eigenvalue weighted by Gasteiger charge is 2.10. The second kappa shape index (κ2) is 9.05. The lowest BCUT2D eigenvalue weighted by Crippen LogP contribution is -2.21. The van der Waals surface area contributed by atoms with Gasteiger partial charge < -0.3 is 20.5 Å². The standard InChI is InChI=1S/C19H19F2N5O2/c1-12(11-27)23-19-25-16(15-4-2-3-9-22-15)10-17(26-19)24-13-5-7-14(8-6-13)28-18(20)21/h2-10,12,18,27H,11H2,1H3,(H2,23,24,25,26)/t12-/m0/s1. The van der Waals surface area contributed by atoms with Crippen LogP contribution < -0.4 is 15.4 Å². The summed E-state index contributed by atoms with van der Waals surface area (Å²) in [5, 5.41) is 15.4. The number of hydrogen-bond acceptors (Lipinski definition) is 7. The number of aromatic nitrogens is 3. The molecule has 146 valence electrons. The van der Waals surface area contributed by atoms with Gasteiger partial charge in [0.1, 0.15) is 11.6 Å². The van der Waals surface area contributed by atoms with E-state index in [-0.39, 0.29) is 18.4 Å². The molecule has 0 fully saturated rings. The summed E-state index contributed by atoms with van der Waals surface area (Å²) >= 11 is 0. The molecule has 0 aliphatic carbocycles. The van der Waals surface area contributed by atoms with E-state index in [4.69, 9.17) is 0 Å². The van der Waals surface area contributed by atoms with Crippen LogP contribution in [0.3, 0.4) is 0 Å². The van der Waals surface area contributed by atoms with Gasteiger partial charge in [0.2, 0.25) is 5.95 Å². The second-order valence-electron chi connectivity index (χ2n) is 5.93. The van der Waals surface area contributed by atoms with Gasteiger partial charge in [-0.2, -0.15) is 13.8 Å². The summed E-state index contributed by atoms with van der Waals surface area (Å²) in [6.45, 7) is -1.15. The Labute approximate surface area is 160 Å². The van der Waals surface area contributed by atoms with E-state index in [0.717, 1.165) is 0 Å². The number of anilines is 3. The minimum Gasteiger partial charge on any atom is -0.435 e. The molecule has 0 bridgehead atoms. The molecule has 1 atom stereocenters. The van der Waals surface area contributed by atoms with Crippen LogP contribution in [0.15, 0.2) is 54.7 Å². The Morgan fingerprint density at radius 1 is 1.07 bits per heavy atom. The normalized spacial score (nSPS) is 11.9. The SMILES string of the molecule is C[C@@H](CO)Nc1nc(Nc2ccc(OC(F)F)cc2)cc(-c2ccccn2)n1. The van der Waals surface area contributed by atoms with E-state index in [9.17, 15) is 13.9 Å². The molecule has 0 aliphatic heterocycles. The average Bonchev–Trinajstić information content (AvgIpc) is 2.69. The number of halogens is 2. The molecule has 7 nitrogen and oxygen atoms in total. The number of benzene rings is 1. The number of alkyl halides is 2. The summed E-state index contributed by atoms with van der Waals surface area (Å²) in [4.78, 5) is 13.1. The van der Waals surface area contributed by atoms with Crippen molar-refractivity contribution >= 4 is 17.5 Å². The number of nitrogens with one attached hydrogen (secondary N) is 2. The summed E-state index contributed by atoms with van der Waals surface area (Å²) in [5.41, 5.74) is 1.88. The fraction of sp³-hybridized carbons (Fsp3) is 0.211. The highest BCUT2D eigenvalue weighted by Crippen LogP contribution is 2.24. The van der Waals surface area contributed by atoms with Crippen LogP contribution in [0.25, 0.3) is 11.4 Å². The minimum absolute atomic E-state index is 0.0662. The maximum Gasteiger partial charge on any atom is 0.387 e.